The largest absolute Gasteiger partial charge is 0.365 e. The van der Waals surface area contributed by atoms with Crippen LogP contribution in [0.25, 0.3) is 11.0 Å². The summed E-state index contributed by atoms with van der Waals surface area (Å²) in [5.74, 6) is 1.48. The summed E-state index contributed by atoms with van der Waals surface area (Å²) in [4.78, 5) is 9.44. The fourth-order valence-corrected chi connectivity index (χ4v) is 3.91. The summed E-state index contributed by atoms with van der Waals surface area (Å²) in [6.45, 7) is 0.668. The number of nitrogens with zero attached hydrogens (tertiary/aromatic N) is 4. The first kappa shape index (κ1) is 17.8. The molecule has 0 bridgehead atoms. The van der Waals surface area contributed by atoms with E-state index in [0.29, 0.717) is 18.5 Å². The van der Waals surface area contributed by atoms with E-state index in [2.05, 4.69) is 38.3 Å². The summed E-state index contributed by atoms with van der Waals surface area (Å²) in [6, 6.07) is 8.29. The first-order valence-corrected chi connectivity index (χ1v) is 10.7. The molecule has 4 rings (SSSR count). The SMILES string of the molecule is Clc1ccc(CNc2nc(NC3CCCC3)nc3c2cnn3CI)cc1. The van der Waals surface area contributed by atoms with Crippen molar-refractivity contribution in [2.24, 2.45) is 0 Å². The number of anilines is 2. The van der Waals surface area contributed by atoms with Gasteiger partial charge in [0, 0.05) is 17.6 Å². The first-order chi connectivity index (χ1) is 12.7. The molecule has 0 amide bonds. The molecule has 2 heterocycles. The number of halogens is 2. The van der Waals surface area contributed by atoms with E-state index in [4.69, 9.17) is 21.6 Å². The standard InChI is InChI=1S/C18H20ClIN6/c19-13-7-5-12(6-8-13)9-21-16-15-10-22-26(11-20)17(15)25-18(24-16)23-14-3-1-2-4-14/h5-8,10,14H,1-4,9,11H2,(H2,21,23,24,25). The van der Waals surface area contributed by atoms with E-state index in [1.54, 1.807) is 0 Å². The molecule has 8 heteroatoms. The lowest BCUT2D eigenvalue weighted by atomic mass is 10.2. The molecule has 26 heavy (non-hydrogen) atoms. The molecule has 0 radical (unpaired) electrons. The highest BCUT2D eigenvalue weighted by Gasteiger charge is 2.18. The van der Waals surface area contributed by atoms with Gasteiger partial charge in [0.2, 0.25) is 5.95 Å². The maximum absolute atomic E-state index is 5.97. The summed E-state index contributed by atoms with van der Waals surface area (Å²) in [6.07, 6.45) is 6.74. The van der Waals surface area contributed by atoms with E-state index >= 15 is 0 Å². The molecule has 6 nitrogen and oxygen atoms in total. The van der Waals surface area contributed by atoms with Crippen molar-refractivity contribution in [2.45, 2.75) is 42.8 Å². The van der Waals surface area contributed by atoms with Gasteiger partial charge in [-0.3, -0.25) is 0 Å². The van der Waals surface area contributed by atoms with Crippen molar-refractivity contribution in [3.63, 3.8) is 0 Å². The quantitative estimate of drug-likeness (QED) is 0.389. The van der Waals surface area contributed by atoms with Gasteiger partial charge in [0.25, 0.3) is 0 Å². The molecule has 0 saturated heterocycles. The smallest absolute Gasteiger partial charge is 0.226 e. The second-order valence-corrected chi connectivity index (χ2v) is 7.62. The molecule has 1 aromatic carbocycles. The summed E-state index contributed by atoms with van der Waals surface area (Å²) >= 11 is 8.26. The van der Waals surface area contributed by atoms with Gasteiger partial charge in [-0.25, -0.2) is 4.68 Å². The zero-order valence-electron chi connectivity index (χ0n) is 14.3. The first-order valence-electron chi connectivity index (χ1n) is 8.77. The lowest BCUT2D eigenvalue weighted by Crippen LogP contribution is -2.17. The molecule has 2 aromatic heterocycles. The van der Waals surface area contributed by atoms with Crippen LogP contribution in [-0.2, 0) is 11.1 Å². The fourth-order valence-electron chi connectivity index (χ4n) is 3.28. The second kappa shape index (κ2) is 7.96. The van der Waals surface area contributed by atoms with Crippen molar-refractivity contribution in [1.29, 1.82) is 0 Å². The van der Waals surface area contributed by atoms with Crippen LogP contribution in [0.3, 0.4) is 0 Å². The predicted molar refractivity (Wildman–Crippen MR) is 114 cm³/mol. The van der Waals surface area contributed by atoms with Gasteiger partial charge in [-0.15, -0.1) is 0 Å². The minimum atomic E-state index is 0.465. The Morgan fingerprint density at radius 1 is 1.15 bits per heavy atom. The third-order valence-electron chi connectivity index (χ3n) is 4.67. The van der Waals surface area contributed by atoms with Crippen molar-refractivity contribution in [1.82, 2.24) is 19.7 Å². The summed E-state index contributed by atoms with van der Waals surface area (Å²) in [5, 5.41) is 13.0. The van der Waals surface area contributed by atoms with Gasteiger partial charge in [-0.2, -0.15) is 15.1 Å². The number of hydrogen-bond donors (Lipinski definition) is 2. The number of aromatic nitrogens is 4. The predicted octanol–water partition coefficient (Wildman–Crippen LogP) is 4.84. The topological polar surface area (TPSA) is 67.7 Å². The van der Waals surface area contributed by atoms with E-state index in [9.17, 15) is 0 Å². The molecule has 0 spiro atoms. The average Bonchev–Trinajstić information content (AvgIpc) is 3.30. The van der Waals surface area contributed by atoms with Crippen LogP contribution in [0.5, 0.6) is 0 Å². The maximum atomic E-state index is 5.97. The number of fused-ring (bicyclic) bond motifs is 1. The van der Waals surface area contributed by atoms with E-state index in [0.717, 1.165) is 32.0 Å². The van der Waals surface area contributed by atoms with Crippen LogP contribution in [0.4, 0.5) is 11.8 Å². The molecular weight excluding hydrogens is 463 g/mol. The highest BCUT2D eigenvalue weighted by molar-refractivity contribution is 14.1. The molecule has 0 atom stereocenters. The van der Waals surface area contributed by atoms with E-state index in [-0.39, 0.29) is 0 Å². The third-order valence-corrected chi connectivity index (χ3v) is 5.57. The number of hydrogen-bond acceptors (Lipinski definition) is 5. The van der Waals surface area contributed by atoms with Crippen molar-refractivity contribution in [3.05, 3.63) is 41.0 Å². The Balaban J connectivity index is 1.62. The zero-order valence-corrected chi connectivity index (χ0v) is 17.2. The normalized spacial score (nSPS) is 14.8. The summed E-state index contributed by atoms with van der Waals surface area (Å²) in [5.41, 5.74) is 2.00. The Morgan fingerprint density at radius 3 is 2.65 bits per heavy atom. The number of alkyl halides is 1. The molecule has 1 aliphatic carbocycles. The Kier molecular flexibility index (Phi) is 5.44. The Labute approximate surface area is 170 Å². The van der Waals surface area contributed by atoms with Crippen LogP contribution < -0.4 is 10.6 Å². The van der Waals surface area contributed by atoms with Gasteiger partial charge in [0.15, 0.2) is 5.65 Å². The van der Waals surface area contributed by atoms with Gasteiger partial charge < -0.3 is 10.6 Å². The van der Waals surface area contributed by atoms with Crippen molar-refractivity contribution in [2.75, 3.05) is 10.6 Å². The van der Waals surface area contributed by atoms with E-state index < -0.39 is 0 Å². The maximum Gasteiger partial charge on any atom is 0.226 e. The molecule has 1 saturated carbocycles. The summed E-state index contributed by atoms with van der Waals surface area (Å²) in [7, 11) is 0. The summed E-state index contributed by atoms with van der Waals surface area (Å²) < 4.78 is 2.64. The minimum absolute atomic E-state index is 0.465. The van der Waals surface area contributed by atoms with Gasteiger partial charge in [-0.05, 0) is 30.5 Å². The molecule has 1 fully saturated rings. The highest BCUT2D eigenvalue weighted by Crippen LogP contribution is 2.26. The Morgan fingerprint density at radius 2 is 1.92 bits per heavy atom. The highest BCUT2D eigenvalue weighted by atomic mass is 127. The van der Waals surface area contributed by atoms with Crippen LogP contribution in [0.2, 0.25) is 5.02 Å². The van der Waals surface area contributed by atoms with E-state index in [1.165, 1.54) is 25.7 Å². The number of rotatable bonds is 6. The number of nitrogens with one attached hydrogen (secondary N) is 2. The Bertz CT molecular complexity index is 889. The monoisotopic (exact) mass is 482 g/mol. The van der Waals surface area contributed by atoms with Crippen LogP contribution in [-0.4, -0.2) is 25.8 Å². The minimum Gasteiger partial charge on any atom is -0.365 e. The fraction of sp³-hybridized carbons (Fsp3) is 0.389. The van der Waals surface area contributed by atoms with Crippen molar-refractivity contribution >= 4 is 57.0 Å². The van der Waals surface area contributed by atoms with Crippen LogP contribution >= 0.6 is 34.2 Å². The molecular formula is C18H20ClIN6. The van der Waals surface area contributed by atoms with Crippen LogP contribution in [0.1, 0.15) is 31.2 Å². The lowest BCUT2D eigenvalue weighted by Gasteiger charge is -2.14. The van der Waals surface area contributed by atoms with Crippen molar-refractivity contribution < 1.29 is 0 Å². The van der Waals surface area contributed by atoms with E-state index in [1.807, 2.05) is 35.1 Å². The molecule has 136 valence electrons. The molecule has 0 unspecified atom stereocenters. The number of benzene rings is 1. The molecule has 2 N–H and O–H groups in total. The lowest BCUT2D eigenvalue weighted by molar-refractivity contribution is 0.741. The molecule has 0 aliphatic heterocycles. The molecule has 3 aromatic rings. The molecule has 1 aliphatic rings. The Hall–Kier alpha value is -1.61. The van der Waals surface area contributed by atoms with Gasteiger partial charge >= 0.3 is 0 Å². The second-order valence-electron chi connectivity index (χ2n) is 6.50. The van der Waals surface area contributed by atoms with Gasteiger partial charge in [0.05, 0.1) is 16.1 Å². The third kappa shape index (κ3) is 3.88. The average molecular weight is 483 g/mol. The van der Waals surface area contributed by atoms with Crippen molar-refractivity contribution in [3.8, 4) is 0 Å². The van der Waals surface area contributed by atoms with Gasteiger partial charge in [0.1, 0.15) is 5.82 Å². The van der Waals surface area contributed by atoms with Crippen LogP contribution in [0, 0.1) is 0 Å². The van der Waals surface area contributed by atoms with Gasteiger partial charge in [-0.1, -0.05) is 59.2 Å². The zero-order chi connectivity index (χ0) is 17.9. The van der Waals surface area contributed by atoms with Crippen LogP contribution in [0.15, 0.2) is 30.5 Å².